The van der Waals surface area contributed by atoms with Gasteiger partial charge in [-0.15, -0.1) is 0 Å². The van der Waals surface area contributed by atoms with Gasteiger partial charge in [0.15, 0.2) is 0 Å². The second-order valence-corrected chi connectivity index (χ2v) is 6.17. The van der Waals surface area contributed by atoms with Crippen LogP contribution in [0.3, 0.4) is 0 Å². The summed E-state index contributed by atoms with van der Waals surface area (Å²) in [5.41, 5.74) is 1.79. The molecule has 2 unspecified atom stereocenters. The van der Waals surface area contributed by atoms with Crippen LogP contribution in [-0.4, -0.2) is 16.2 Å². The molecule has 2 N–H and O–H groups in total. The van der Waals surface area contributed by atoms with Crippen molar-refractivity contribution < 1.29 is 15.0 Å². The molecule has 0 amide bonds. The molecule has 0 spiro atoms. The van der Waals surface area contributed by atoms with Crippen LogP contribution in [-0.2, 0) is 11.2 Å². The van der Waals surface area contributed by atoms with E-state index < -0.39 is 5.97 Å². The van der Waals surface area contributed by atoms with E-state index in [9.17, 15) is 15.0 Å². The smallest absolute Gasteiger partial charge is 0.307 e. The van der Waals surface area contributed by atoms with Crippen molar-refractivity contribution in [1.29, 1.82) is 0 Å². The molecule has 0 aliphatic heterocycles. The molecule has 0 fully saturated rings. The summed E-state index contributed by atoms with van der Waals surface area (Å²) in [4.78, 5) is 11.4. The molecule has 0 saturated carbocycles. The second kappa shape index (κ2) is 4.30. The number of aromatic hydroxyl groups is 1. The molecule has 18 heavy (non-hydrogen) atoms. The molecule has 0 heterocycles. The van der Waals surface area contributed by atoms with Crippen LogP contribution in [0.2, 0.25) is 0 Å². The van der Waals surface area contributed by atoms with Gasteiger partial charge in [0, 0.05) is 5.92 Å². The van der Waals surface area contributed by atoms with Crippen molar-refractivity contribution in [2.24, 2.45) is 11.3 Å². The molecule has 1 aromatic rings. The second-order valence-electron chi connectivity index (χ2n) is 6.17. The highest BCUT2D eigenvalue weighted by Gasteiger charge is 2.41. The predicted molar refractivity (Wildman–Crippen MR) is 69.7 cm³/mol. The first kappa shape index (κ1) is 12.9. The van der Waals surface area contributed by atoms with Crippen molar-refractivity contribution in [2.75, 3.05) is 0 Å². The van der Waals surface area contributed by atoms with Gasteiger partial charge in [-0.1, -0.05) is 32.9 Å². The average molecular weight is 248 g/mol. The zero-order valence-electron chi connectivity index (χ0n) is 11.1. The number of hydrogen-bond acceptors (Lipinski definition) is 2. The Hall–Kier alpha value is -1.51. The quantitative estimate of drug-likeness (QED) is 0.802. The first-order chi connectivity index (χ1) is 8.32. The van der Waals surface area contributed by atoms with Crippen molar-refractivity contribution in [3.05, 3.63) is 29.3 Å². The molecule has 1 aliphatic carbocycles. The molecule has 1 aliphatic rings. The number of phenolic OH excluding ortho intramolecular Hbond substituents is 1. The molecule has 0 saturated heterocycles. The molecule has 1 aromatic carbocycles. The number of aliphatic carboxylic acids is 1. The van der Waals surface area contributed by atoms with Crippen LogP contribution in [0.1, 0.15) is 44.2 Å². The van der Waals surface area contributed by atoms with Gasteiger partial charge in [-0.2, -0.15) is 0 Å². The molecule has 98 valence electrons. The monoisotopic (exact) mass is 248 g/mol. The summed E-state index contributed by atoms with van der Waals surface area (Å²) in [6, 6.07) is 5.44. The van der Waals surface area contributed by atoms with E-state index in [1.54, 1.807) is 12.1 Å². The largest absolute Gasteiger partial charge is 0.508 e. The summed E-state index contributed by atoms with van der Waals surface area (Å²) in [5.74, 6) is -0.848. The number of hydrogen-bond donors (Lipinski definition) is 2. The van der Waals surface area contributed by atoms with Crippen LogP contribution in [0, 0.1) is 11.3 Å². The van der Waals surface area contributed by atoms with Crippen molar-refractivity contribution in [3.63, 3.8) is 0 Å². The third-order valence-electron chi connectivity index (χ3n) is 3.88. The minimum atomic E-state index is -0.732. The minimum absolute atomic E-state index is 0.0501. The maximum absolute atomic E-state index is 11.4. The molecule has 0 aromatic heterocycles. The lowest BCUT2D eigenvalue weighted by Gasteiger charge is -2.40. The fourth-order valence-electron chi connectivity index (χ4n) is 3.18. The lowest BCUT2D eigenvalue weighted by atomic mass is 9.64. The number of carboxylic acids is 1. The van der Waals surface area contributed by atoms with Gasteiger partial charge >= 0.3 is 5.97 Å². The Kier molecular flexibility index (Phi) is 3.09. The number of phenols is 1. The highest BCUT2D eigenvalue weighted by Crippen LogP contribution is 2.48. The standard InChI is InChI=1S/C15H20O3/c1-15(2,3)13-10-5-4-6-12(16)9(10)7-8-11(13)14(17)18/h4-6,11,13,16H,7-8H2,1-3H3,(H,17,18). The first-order valence-corrected chi connectivity index (χ1v) is 6.36. The van der Waals surface area contributed by atoms with Crippen molar-refractivity contribution in [1.82, 2.24) is 0 Å². The normalized spacial score (nSPS) is 23.5. The molecule has 3 nitrogen and oxygen atoms in total. The Balaban J connectivity index is 2.56. The van der Waals surface area contributed by atoms with Crippen molar-refractivity contribution >= 4 is 5.97 Å². The Morgan fingerprint density at radius 2 is 2.00 bits per heavy atom. The zero-order chi connectivity index (χ0) is 13.5. The van der Waals surface area contributed by atoms with Crippen LogP contribution in [0.4, 0.5) is 0 Å². The fraction of sp³-hybridized carbons (Fsp3) is 0.533. The summed E-state index contributed by atoms with van der Waals surface area (Å²) >= 11 is 0. The average Bonchev–Trinajstić information content (AvgIpc) is 2.26. The van der Waals surface area contributed by atoms with E-state index in [1.165, 1.54) is 0 Å². The third-order valence-corrected chi connectivity index (χ3v) is 3.88. The number of benzene rings is 1. The van der Waals surface area contributed by atoms with Crippen molar-refractivity contribution in [2.45, 2.75) is 39.5 Å². The lowest BCUT2D eigenvalue weighted by molar-refractivity contribution is -0.144. The number of fused-ring (bicyclic) bond motifs is 1. The Morgan fingerprint density at radius 3 is 2.56 bits per heavy atom. The van der Waals surface area contributed by atoms with E-state index in [0.29, 0.717) is 18.6 Å². The van der Waals surface area contributed by atoms with Crippen LogP contribution >= 0.6 is 0 Å². The fourth-order valence-corrected chi connectivity index (χ4v) is 3.18. The summed E-state index contributed by atoms with van der Waals surface area (Å²) in [6.45, 7) is 6.19. The Bertz CT molecular complexity index is 471. The van der Waals surface area contributed by atoms with Crippen molar-refractivity contribution in [3.8, 4) is 5.75 Å². The molecule has 0 bridgehead atoms. The maximum atomic E-state index is 11.4. The molecular weight excluding hydrogens is 228 g/mol. The van der Waals surface area contributed by atoms with Gasteiger partial charge < -0.3 is 10.2 Å². The maximum Gasteiger partial charge on any atom is 0.307 e. The van der Waals surface area contributed by atoms with E-state index in [1.807, 2.05) is 6.07 Å². The third kappa shape index (κ3) is 2.09. The lowest BCUT2D eigenvalue weighted by Crippen LogP contribution is -2.35. The summed E-state index contributed by atoms with van der Waals surface area (Å²) in [6.07, 6.45) is 1.24. The van der Waals surface area contributed by atoms with Gasteiger partial charge in [0.1, 0.15) is 5.75 Å². The number of carboxylic acid groups (broad SMARTS) is 1. The zero-order valence-corrected chi connectivity index (χ0v) is 11.1. The first-order valence-electron chi connectivity index (χ1n) is 6.36. The van der Waals surface area contributed by atoms with Gasteiger partial charge in [-0.3, -0.25) is 4.79 Å². The number of carbonyl (C=O) groups is 1. The van der Waals surface area contributed by atoms with Gasteiger partial charge in [-0.05, 0) is 35.4 Å². The van der Waals surface area contributed by atoms with E-state index >= 15 is 0 Å². The SMILES string of the molecule is CC(C)(C)C1c2cccc(O)c2CCC1C(=O)O. The van der Waals surface area contributed by atoms with E-state index in [4.69, 9.17) is 0 Å². The topological polar surface area (TPSA) is 57.5 Å². The molecular formula is C15H20O3. The minimum Gasteiger partial charge on any atom is -0.508 e. The Labute approximate surface area is 107 Å². The van der Waals surface area contributed by atoms with Crippen LogP contribution in [0.15, 0.2) is 18.2 Å². The Morgan fingerprint density at radius 1 is 1.33 bits per heavy atom. The van der Waals surface area contributed by atoms with Crippen LogP contribution in [0.5, 0.6) is 5.75 Å². The predicted octanol–water partition coefficient (Wildman–Crippen LogP) is 3.17. The van der Waals surface area contributed by atoms with Crippen LogP contribution < -0.4 is 0 Å². The van der Waals surface area contributed by atoms with E-state index in [-0.39, 0.29) is 17.3 Å². The molecule has 0 radical (unpaired) electrons. The van der Waals surface area contributed by atoms with Crippen LogP contribution in [0.25, 0.3) is 0 Å². The molecule has 2 rings (SSSR count). The van der Waals surface area contributed by atoms with E-state index in [0.717, 1.165) is 11.1 Å². The van der Waals surface area contributed by atoms with Gasteiger partial charge in [-0.25, -0.2) is 0 Å². The van der Waals surface area contributed by atoms with Gasteiger partial charge in [0.25, 0.3) is 0 Å². The van der Waals surface area contributed by atoms with E-state index in [2.05, 4.69) is 20.8 Å². The molecule has 2 atom stereocenters. The number of rotatable bonds is 1. The summed E-state index contributed by atoms with van der Waals surface area (Å²) < 4.78 is 0. The van der Waals surface area contributed by atoms with Gasteiger partial charge in [0.05, 0.1) is 5.92 Å². The summed E-state index contributed by atoms with van der Waals surface area (Å²) in [5, 5.41) is 19.3. The highest BCUT2D eigenvalue weighted by molar-refractivity contribution is 5.72. The summed E-state index contributed by atoms with van der Waals surface area (Å²) in [7, 11) is 0. The molecule has 3 heteroatoms. The van der Waals surface area contributed by atoms with Gasteiger partial charge in [0.2, 0.25) is 0 Å². The highest BCUT2D eigenvalue weighted by atomic mass is 16.4.